The molecule has 2 rings (SSSR count). The lowest BCUT2D eigenvalue weighted by Gasteiger charge is -2.31. The maximum absolute atomic E-state index is 9.93. The van der Waals surface area contributed by atoms with Gasteiger partial charge in [0.15, 0.2) is 0 Å². The average molecular weight is 296 g/mol. The molecule has 0 amide bonds. The fourth-order valence-corrected chi connectivity index (χ4v) is 3.80. The van der Waals surface area contributed by atoms with Gasteiger partial charge in [0.25, 0.3) is 0 Å². The maximum Gasteiger partial charge on any atom is 0.138 e. The number of hydrogen-bond donors (Lipinski definition) is 2. The van der Waals surface area contributed by atoms with Crippen molar-refractivity contribution in [2.24, 2.45) is 11.3 Å². The first kappa shape index (κ1) is 15.7. The van der Waals surface area contributed by atoms with Crippen LogP contribution in [0.3, 0.4) is 0 Å². The fraction of sp³-hybridized carbons (Fsp3) is 0.647. The largest absolute Gasteiger partial charge is 0.506 e. The van der Waals surface area contributed by atoms with E-state index in [-0.39, 0.29) is 5.75 Å². The van der Waals surface area contributed by atoms with Crippen molar-refractivity contribution in [1.82, 2.24) is 5.32 Å². The van der Waals surface area contributed by atoms with E-state index in [1.54, 1.807) is 6.07 Å². The zero-order valence-electron chi connectivity index (χ0n) is 12.6. The lowest BCUT2D eigenvalue weighted by Crippen LogP contribution is -2.33. The van der Waals surface area contributed by atoms with E-state index in [0.29, 0.717) is 17.0 Å². The van der Waals surface area contributed by atoms with Crippen LogP contribution in [-0.2, 0) is 6.54 Å². The fourth-order valence-electron chi connectivity index (χ4n) is 3.61. The Kier molecular flexibility index (Phi) is 5.34. The van der Waals surface area contributed by atoms with Crippen molar-refractivity contribution >= 4 is 11.6 Å². The lowest BCUT2D eigenvalue weighted by atomic mass is 9.78. The second kappa shape index (κ2) is 6.82. The number of para-hydroxylation sites is 1. The van der Waals surface area contributed by atoms with Gasteiger partial charge in [-0.15, -0.1) is 0 Å². The number of phenolic OH excluding ortho intramolecular Hbond substituents is 1. The van der Waals surface area contributed by atoms with E-state index in [1.165, 1.54) is 32.1 Å². The second-order valence-corrected chi connectivity index (χ2v) is 7.06. The van der Waals surface area contributed by atoms with Crippen LogP contribution in [0.1, 0.15) is 51.5 Å². The number of aromatic hydroxyl groups is 1. The summed E-state index contributed by atoms with van der Waals surface area (Å²) < 4.78 is 0. The maximum atomic E-state index is 9.93. The van der Waals surface area contributed by atoms with Crippen LogP contribution in [-0.4, -0.2) is 11.7 Å². The van der Waals surface area contributed by atoms with Gasteiger partial charge >= 0.3 is 0 Å². The van der Waals surface area contributed by atoms with Gasteiger partial charge in [-0.25, -0.2) is 0 Å². The molecule has 0 aliphatic heterocycles. The van der Waals surface area contributed by atoms with Crippen molar-refractivity contribution in [1.29, 1.82) is 0 Å². The van der Waals surface area contributed by atoms with Gasteiger partial charge in [0.05, 0.1) is 5.02 Å². The summed E-state index contributed by atoms with van der Waals surface area (Å²) in [5.74, 6) is 0.959. The molecular formula is C17H26ClNO. The zero-order chi connectivity index (χ0) is 14.6. The van der Waals surface area contributed by atoms with E-state index in [2.05, 4.69) is 19.2 Å². The smallest absolute Gasteiger partial charge is 0.138 e. The first-order chi connectivity index (χ1) is 9.52. The van der Waals surface area contributed by atoms with Crippen LogP contribution in [0.4, 0.5) is 0 Å². The molecule has 0 radical (unpaired) electrons. The van der Waals surface area contributed by atoms with E-state index in [1.807, 2.05) is 12.1 Å². The van der Waals surface area contributed by atoms with Crippen LogP contribution >= 0.6 is 11.6 Å². The van der Waals surface area contributed by atoms with Gasteiger partial charge in [-0.05, 0) is 36.7 Å². The second-order valence-electron chi connectivity index (χ2n) is 6.66. The van der Waals surface area contributed by atoms with E-state index >= 15 is 0 Å². The third-order valence-electron chi connectivity index (χ3n) is 4.39. The predicted octanol–water partition coefficient (Wildman–Crippen LogP) is 4.74. The number of rotatable bonds is 6. The third kappa shape index (κ3) is 3.89. The van der Waals surface area contributed by atoms with Crippen molar-refractivity contribution in [3.05, 3.63) is 28.8 Å². The SMILES string of the molecule is CC(C)CC1(CNCc2cccc(Cl)c2O)CCCC1. The molecule has 0 spiro atoms. The highest BCUT2D eigenvalue weighted by Crippen LogP contribution is 2.42. The predicted molar refractivity (Wildman–Crippen MR) is 85.2 cm³/mol. The molecule has 1 aromatic rings. The van der Waals surface area contributed by atoms with E-state index in [9.17, 15) is 5.11 Å². The highest BCUT2D eigenvalue weighted by atomic mass is 35.5. The molecule has 3 heteroatoms. The van der Waals surface area contributed by atoms with E-state index in [4.69, 9.17) is 11.6 Å². The molecule has 1 fully saturated rings. The quantitative estimate of drug-likeness (QED) is 0.794. The van der Waals surface area contributed by atoms with Gasteiger partial charge in [0.1, 0.15) is 5.75 Å². The Hall–Kier alpha value is -0.730. The first-order valence-electron chi connectivity index (χ1n) is 7.69. The van der Waals surface area contributed by atoms with Gasteiger partial charge in [-0.2, -0.15) is 0 Å². The summed E-state index contributed by atoms with van der Waals surface area (Å²) in [5.41, 5.74) is 1.35. The molecule has 0 saturated heterocycles. The number of halogens is 1. The van der Waals surface area contributed by atoms with Crippen LogP contribution in [0.5, 0.6) is 5.75 Å². The topological polar surface area (TPSA) is 32.3 Å². The Bertz CT molecular complexity index is 439. The monoisotopic (exact) mass is 295 g/mol. The summed E-state index contributed by atoms with van der Waals surface area (Å²) in [6.45, 7) is 6.34. The number of nitrogens with one attached hydrogen (secondary N) is 1. The molecule has 0 atom stereocenters. The zero-order valence-corrected chi connectivity index (χ0v) is 13.3. The summed E-state index contributed by atoms with van der Waals surface area (Å²) in [5, 5.41) is 13.9. The Labute approximate surface area is 127 Å². The number of benzene rings is 1. The highest BCUT2D eigenvalue weighted by Gasteiger charge is 2.33. The summed E-state index contributed by atoms with van der Waals surface area (Å²) in [6.07, 6.45) is 6.68. The molecule has 1 aliphatic rings. The van der Waals surface area contributed by atoms with Crippen molar-refractivity contribution in [2.75, 3.05) is 6.54 Å². The van der Waals surface area contributed by atoms with Crippen LogP contribution in [0, 0.1) is 11.3 Å². The molecule has 1 aromatic carbocycles. The molecule has 0 bridgehead atoms. The minimum Gasteiger partial charge on any atom is -0.506 e. The van der Waals surface area contributed by atoms with Gasteiger partial charge in [-0.3, -0.25) is 0 Å². The Balaban J connectivity index is 1.92. The van der Waals surface area contributed by atoms with Crippen LogP contribution in [0.15, 0.2) is 18.2 Å². The van der Waals surface area contributed by atoms with E-state index in [0.717, 1.165) is 18.0 Å². The molecule has 112 valence electrons. The standard InChI is InChI=1S/C17H26ClNO/c1-13(2)10-17(8-3-4-9-17)12-19-11-14-6-5-7-15(18)16(14)20/h5-7,13,19-20H,3-4,8-12H2,1-2H3. The molecular weight excluding hydrogens is 270 g/mol. The van der Waals surface area contributed by atoms with Gasteiger partial charge in [0, 0.05) is 18.7 Å². The van der Waals surface area contributed by atoms with Crippen LogP contribution in [0.2, 0.25) is 5.02 Å². The van der Waals surface area contributed by atoms with Crippen molar-refractivity contribution < 1.29 is 5.11 Å². The van der Waals surface area contributed by atoms with Crippen molar-refractivity contribution in [3.63, 3.8) is 0 Å². The molecule has 0 aromatic heterocycles. The molecule has 1 aliphatic carbocycles. The third-order valence-corrected chi connectivity index (χ3v) is 4.70. The summed E-state index contributed by atoms with van der Waals surface area (Å²) in [4.78, 5) is 0. The van der Waals surface area contributed by atoms with Crippen LogP contribution in [0.25, 0.3) is 0 Å². The van der Waals surface area contributed by atoms with Crippen molar-refractivity contribution in [2.45, 2.75) is 52.5 Å². The molecule has 1 saturated carbocycles. The van der Waals surface area contributed by atoms with Gasteiger partial charge in [0.2, 0.25) is 0 Å². The van der Waals surface area contributed by atoms with Gasteiger partial charge in [-0.1, -0.05) is 50.4 Å². The summed E-state index contributed by atoms with van der Waals surface area (Å²) in [7, 11) is 0. The average Bonchev–Trinajstić information content (AvgIpc) is 2.82. The highest BCUT2D eigenvalue weighted by molar-refractivity contribution is 6.32. The Morgan fingerprint density at radius 3 is 2.65 bits per heavy atom. The van der Waals surface area contributed by atoms with Crippen molar-refractivity contribution in [3.8, 4) is 5.75 Å². The molecule has 2 nitrogen and oxygen atoms in total. The summed E-state index contributed by atoms with van der Waals surface area (Å²) >= 11 is 5.94. The normalized spacial score (nSPS) is 17.8. The summed E-state index contributed by atoms with van der Waals surface area (Å²) in [6, 6.07) is 5.54. The first-order valence-corrected chi connectivity index (χ1v) is 8.07. The minimum atomic E-state index is 0.214. The molecule has 0 heterocycles. The number of phenols is 1. The molecule has 2 N–H and O–H groups in total. The van der Waals surface area contributed by atoms with Gasteiger partial charge < -0.3 is 10.4 Å². The van der Waals surface area contributed by atoms with E-state index < -0.39 is 0 Å². The molecule has 20 heavy (non-hydrogen) atoms. The lowest BCUT2D eigenvalue weighted by molar-refractivity contribution is 0.223. The Morgan fingerprint density at radius 2 is 2.00 bits per heavy atom. The molecule has 0 unspecified atom stereocenters. The number of hydrogen-bond acceptors (Lipinski definition) is 2. The Morgan fingerprint density at radius 1 is 1.30 bits per heavy atom. The minimum absolute atomic E-state index is 0.214. The van der Waals surface area contributed by atoms with Crippen LogP contribution < -0.4 is 5.32 Å².